The molecular weight excluding hydrogens is 1270 g/mol. The average molecular weight is 1310 g/mol. The fourth-order valence-electron chi connectivity index (χ4n) is 6.58. The molecule has 0 radical (unpaired) electrons. The van der Waals surface area contributed by atoms with Gasteiger partial charge in [0.1, 0.15) is 30.4 Å². The van der Waals surface area contributed by atoms with E-state index in [-0.39, 0.29) is 256 Å². The Morgan fingerprint density at radius 1 is 0.463 bits per heavy atom. The minimum Gasteiger partial charge on any atom is -0.744 e. The Kier molecular flexibility index (Phi) is 39.0. The van der Waals surface area contributed by atoms with Crippen molar-refractivity contribution in [3.63, 3.8) is 0 Å². The zero-order valence-corrected chi connectivity index (χ0v) is 62.2. The normalized spacial score (nSPS) is 11.1. The molecule has 0 spiro atoms. The first-order valence-corrected chi connectivity index (χ1v) is 27.8. The summed E-state index contributed by atoms with van der Waals surface area (Å²) in [6, 6.07) is 14.6. The Morgan fingerprint density at radius 2 is 0.902 bits per heavy atom. The van der Waals surface area contributed by atoms with Crippen LogP contribution >= 0.6 is 36.1 Å². The van der Waals surface area contributed by atoms with E-state index in [1.165, 1.54) is 54.6 Å². The van der Waals surface area contributed by atoms with E-state index in [2.05, 4.69) is 79.3 Å². The van der Waals surface area contributed by atoms with Gasteiger partial charge in [0.15, 0.2) is 0 Å². The minimum absolute atomic E-state index is 0. The second-order valence-corrected chi connectivity index (χ2v) is 20.9. The van der Waals surface area contributed by atoms with E-state index in [9.17, 15) is 54.7 Å². The van der Waals surface area contributed by atoms with Gasteiger partial charge in [0.2, 0.25) is 35.7 Å². The fourth-order valence-corrected chi connectivity index (χ4v) is 9.72. The summed E-state index contributed by atoms with van der Waals surface area (Å²) in [6.45, 7) is 8.87. The van der Waals surface area contributed by atoms with Crippen molar-refractivity contribution in [1.82, 2.24) is 29.9 Å². The van der Waals surface area contributed by atoms with Gasteiger partial charge in [-0.15, -0.1) is 0 Å². The molecule has 0 aliphatic rings. The molecule has 0 saturated carbocycles. The van der Waals surface area contributed by atoms with Gasteiger partial charge >= 0.3 is 177 Å². The summed E-state index contributed by atoms with van der Waals surface area (Å²) in [6.07, 6.45) is 2.69. The summed E-state index contributed by atoms with van der Waals surface area (Å²) in [5.41, 5.74) is 0.0772. The number of aromatic nitrogens is 6. The average Bonchev–Trinajstić information content (AvgIpc) is 3.36. The van der Waals surface area contributed by atoms with Crippen LogP contribution in [0.15, 0.2) is 102 Å². The molecule has 0 bridgehead atoms. The summed E-state index contributed by atoms with van der Waals surface area (Å²) in [7, 11) is -15.2. The van der Waals surface area contributed by atoms with Crippen molar-refractivity contribution in [2.75, 3.05) is 57.2 Å². The van der Waals surface area contributed by atoms with Crippen LogP contribution in [-0.2, 0) is 58.5 Å². The number of rotatable bonds is 28. The Labute approximate surface area is 616 Å². The molecule has 82 heavy (non-hydrogen) atoms. The second kappa shape index (κ2) is 39.1. The van der Waals surface area contributed by atoms with E-state index >= 15 is 0 Å². The standard InChI is InChI=1S/C40H44N12O18S6.6Na/c1-5-51(6-2)39-47-35(45-37(49-39)43-29-22-28(74(56,57)58)16-17-31(29)72-69-66-54)41-25-13-11-23(32(19-25)73-70-67-55)9-10-24-12-14-26(20-34(24)76(62,63)64)42-36-46-38(50-40(48-36)52(7-3)8-4)44-30-21-27(71-68-65-53)15-18-33(30)75(59,60)61;;;;;;/h9-22,53-55H,5-8H2,1-4H3,(H,56,57,58)(H,59,60,61)(H,62,63,64)(H2,41,43,45,47,49)(H2,42,44,46,48,50);;;;;;/q;6*+1/p-6/b10-9+;;;;;;. The van der Waals surface area contributed by atoms with Crippen LogP contribution in [0.4, 0.5) is 58.4 Å². The smallest absolute Gasteiger partial charge is 0.744 e. The molecule has 2 aromatic heterocycles. The van der Waals surface area contributed by atoms with Crippen LogP contribution in [0.25, 0.3) is 12.2 Å². The van der Waals surface area contributed by atoms with Gasteiger partial charge in [0.25, 0.3) is 0 Å². The van der Waals surface area contributed by atoms with Crippen molar-refractivity contribution in [3.8, 4) is 0 Å². The Bertz CT molecular complexity index is 3410. The third-order valence-electron chi connectivity index (χ3n) is 10.0. The first-order valence-electron chi connectivity index (χ1n) is 21.3. The molecule has 0 atom stereocenters. The predicted molar refractivity (Wildman–Crippen MR) is 263 cm³/mol. The van der Waals surface area contributed by atoms with Gasteiger partial charge in [0.05, 0.1) is 67.1 Å². The summed E-state index contributed by atoms with van der Waals surface area (Å²) in [4.78, 5) is 28.1. The Hall–Kier alpha value is -0.140. The van der Waals surface area contributed by atoms with E-state index in [1.54, 1.807) is 23.6 Å². The molecule has 0 unspecified atom stereocenters. The quantitative estimate of drug-likeness (QED) is 0.00885. The number of benzene rings is 4. The first-order chi connectivity index (χ1) is 36.2. The number of hydrogen-bond acceptors (Lipinski definition) is 33. The zero-order chi connectivity index (χ0) is 55.2. The summed E-state index contributed by atoms with van der Waals surface area (Å²) >= 11 is 1.27. The molecule has 42 heteroatoms. The molecule has 4 N–H and O–H groups in total. The molecular formula is C40H38N12Na6O18S6. The van der Waals surface area contributed by atoms with Crippen molar-refractivity contribution < 1.29 is 260 Å². The van der Waals surface area contributed by atoms with Gasteiger partial charge in [-0.2, -0.15) is 42.9 Å². The molecule has 0 fully saturated rings. The maximum absolute atomic E-state index is 12.8. The van der Waals surface area contributed by atoms with Crippen LogP contribution in [0.3, 0.4) is 0 Å². The maximum atomic E-state index is 12.8. The van der Waals surface area contributed by atoms with E-state index in [0.29, 0.717) is 67.9 Å². The Balaban J connectivity index is 0.0000109. The summed E-state index contributed by atoms with van der Waals surface area (Å²) in [5.74, 6) is -0.575. The van der Waals surface area contributed by atoms with Gasteiger partial charge in [-0.25, -0.2) is 25.3 Å². The van der Waals surface area contributed by atoms with Crippen LogP contribution in [0.1, 0.15) is 38.8 Å². The molecule has 6 aromatic rings. The van der Waals surface area contributed by atoms with Crippen molar-refractivity contribution in [2.45, 2.75) is 57.1 Å². The predicted octanol–water partition coefficient (Wildman–Crippen LogP) is -14.7. The van der Waals surface area contributed by atoms with Crippen LogP contribution in [0.5, 0.6) is 0 Å². The number of anilines is 10. The van der Waals surface area contributed by atoms with Crippen LogP contribution < -0.4 is 224 Å². The molecule has 0 amide bonds. The Morgan fingerprint density at radius 3 is 1.38 bits per heavy atom. The van der Waals surface area contributed by atoms with E-state index < -0.39 is 45.0 Å². The van der Waals surface area contributed by atoms with Crippen molar-refractivity contribution in [1.29, 1.82) is 0 Å². The van der Waals surface area contributed by atoms with E-state index in [0.717, 1.165) is 30.3 Å². The van der Waals surface area contributed by atoms with Gasteiger partial charge in [-0.3, -0.25) is 15.1 Å². The van der Waals surface area contributed by atoms with Crippen molar-refractivity contribution in [3.05, 3.63) is 83.9 Å². The van der Waals surface area contributed by atoms with Crippen LogP contribution in [0, 0.1) is 0 Å². The van der Waals surface area contributed by atoms with Gasteiger partial charge in [-0.05, 0) is 99.5 Å². The maximum Gasteiger partial charge on any atom is 1.00 e. The molecule has 30 nitrogen and oxygen atoms in total. The third-order valence-corrected chi connectivity index (χ3v) is 14.5. The van der Waals surface area contributed by atoms with E-state index in [1.807, 2.05) is 13.8 Å². The van der Waals surface area contributed by atoms with Gasteiger partial charge in [0, 0.05) is 47.3 Å². The molecule has 408 valence electrons. The van der Waals surface area contributed by atoms with Crippen LogP contribution in [0.2, 0.25) is 0 Å². The zero-order valence-electron chi connectivity index (χ0n) is 45.3. The van der Waals surface area contributed by atoms with Crippen molar-refractivity contribution in [2.24, 2.45) is 0 Å². The van der Waals surface area contributed by atoms with Crippen molar-refractivity contribution >= 4 is 137 Å². The molecule has 0 saturated heterocycles. The molecule has 4 aromatic carbocycles. The number of nitrogens with one attached hydrogen (secondary N) is 4. The molecule has 0 aliphatic heterocycles. The number of nitrogens with zero attached hydrogens (tertiary/aromatic N) is 8. The molecule has 0 aliphatic carbocycles. The second-order valence-electron chi connectivity index (χ2n) is 14.6. The fraction of sp³-hybridized carbons (Fsp3) is 0.200. The van der Waals surface area contributed by atoms with E-state index in [4.69, 9.17) is 0 Å². The SMILES string of the molecule is CCN(CC)c1nc(Nc2ccc(/C=C/c3ccc(Nc4nc(Nc5cc(SOO[O-])ccc5S(=O)(=O)[O-])nc(N(CC)CC)n4)cc3S(=O)(=O)[O-])c(SOO[O-])c2)nc(Nc2cc(S(=O)(=O)[O-])ccc2SOO[O-])n1.[Na+].[Na+].[Na+].[Na+].[Na+].[Na+]. The summed E-state index contributed by atoms with van der Waals surface area (Å²) < 4.78 is 124. The monoisotopic (exact) mass is 1300 g/mol. The van der Waals surface area contributed by atoms with Gasteiger partial charge in [-0.1, -0.05) is 24.3 Å². The summed E-state index contributed by atoms with van der Waals surface area (Å²) in [5, 5.41) is 53.6. The molecule has 6 rings (SSSR count). The largest absolute Gasteiger partial charge is 1.00 e. The minimum atomic E-state index is -5.22. The number of hydrogen-bond donors (Lipinski definition) is 4. The molecule has 2 heterocycles. The third kappa shape index (κ3) is 24.3. The van der Waals surface area contributed by atoms with Crippen LogP contribution in [-0.4, -0.2) is 95.0 Å². The first kappa shape index (κ1) is 81.9. The van der Waals surface area contributed by atoms with Gasteiger partial charge < -0.3 is 60.5 Å². The topological polar surface area (TPSA) is 428 Å².